The molecule has 0 spiro atoms. The summed E-state index contributed by atoms with van der Waals surface area (Å²) >= 11 is 12.4. The molecule has 0 saturated heterocycles. The molecule has 0 aliphatic rings. The van der Waals surface area contributed by atoms with Gasteiger partial charge < -0.3 is 5.32 Å². The normalized spacial score (nSPS) is 12.7. The number of halogens is 2. The molecule has 0 amide bonds. The first kappa shape index (κ1) is 13.3. The fourth-order valence-corrected chi connectivity index (χ4v) is 2.39. The van der Waals surface area contributed by atoms with E-state index < -0.39 is 0 Å². The van der Waals surface area contributed by atoms with E-state index in [0.29, 0.717) is 10.0 Å². The molecule has 6 heteroatoms. The second kappa shape index (κ2) is 5.69. The molecule has 4 nitrogen and oxygen atoms in total. The molecule has 0 saturated carbocycles. The number of pyridine rings is 1. The maximum atomic E-state index is 6.20. The van der Waals surface area contributed by atoms with Crippen LogP contribution in [0.15, 0.2) is 24.5 Å². The van der Waals surface area contributed by atoms with Crippen LogP contribution in [0.2, 0.25) is 10.0 Å². The lowest BCUT2D eigenvalue weighted by Crippen LogP contribution is -2.25. The van der Waals surface area contributed by atoms with E-state index in [1.54, 1.807) is 23.1 Å². The maximum absolute atomic E-state index is 6.20. The Kier molecular flexibility index (Phi) is 4.22. The lowest BCUT2D eigenvalue weighted by atomic mass is 10.1. The van der Waals surface area contributed by atoms with E-state index >= 15 is 0 Å². The highest BCUT2D eigenvalue weighted by atomic mass is 35.5. The number of hydrogen-bond donors (Lipinski definition) is 1. The smallest absolute Gasteiger partial charge is 0.0952 e. The molecule has 2 aromatic rings. The van der Waals surface area contributed by atoms with E-state index in [4.69, 9.17) is 23.2 Å². The second-order valence-corrected chi connectivity index (χ2v) is 4.68. The third kappa shape index (κ3) is 2.51. The molecule has 0 aliphatic carbocycles. The Morgan fingerprint density at radius 1 is 1.39 bits per heavy atom. The van der Waals surface area contributed by atoms with E-state index in [9.17, 15) is 0 Å². The summed E-state index contributed by atoms with van der Waals surface area (Å²) in [6.07, 6.45) is 3.34. The highest BCUT2D eigenvalue weighted by molar-refractivity contribution is 6.32. The van der Waals surface area contributed by atoms with Crippen LogP contribution in [-0.4, -0.2) is 21.3 Å². The molecule has 1 unspecified atom stereocenters. The number of aryl methyl sites for hydroxylation is 1. The summed E-state index contributed by atoms with van der Waals surface area (Å²) in [4.78, 5) is 4.34. The van der Waals surface area contributed by atoms with Gasteiger partial charge in [0.2, 0.25) is 0 Å². The molecular formula is C12H14Cl2N4. The SMILES string of the molecule is CCNC(c1ncccc1Cl)c1c(Cl)cnn1C. The summed E-state index contributed by atoms with van der Waals surface area (Å²) in [5, 5.41) is 8.69. The van der Waals surface area contributed by atoms with E-state index in [0.717, 1.165) is 17.9 Å². The molecule has 2 aromatic heterocycles. The predicted molar refractivity (Wildman–Crippen MR) is 73.0 cm³/mol. The molecule has 0 radical (unpaired) electrons. The average Bonchev–Trinajstić information content (AvgIpc) is 2.68. The van der Waals surface area contributed by atoms with Gasteiger partial charge in [0.05, 0.1) is 33.7 Å². The highest BCUT2D eigenvalue weighted by Gasteiger charge is 2.23. The second-order valence-electron chi connectivity index (χ2n) is 3.86. The zero-order valence-electron chi connectivity index (χ0n) is 10.2. The summed E-state index contributed by atoms with van der Waals surface area (Å²) in [5.74, 6) is 0. The van der Waals surface area contributed by atoms with Crippen molar-refractivity contribution in [3.05, 3.63) is 46.0 Å². The minimum absolute atomic E-state index is 0.163. The van der Waals surface area contributed by atoms with E-state index in [1.807, 2.05) is 20.0 Å². The molecule has 0 fully saturated rings. The third-order valence-electron chi connectivity index (χ3n) is 2.68. The molecule has 0 aromatic carbocycles. The number of rotatable bonds is 4. The van der Waals surface area contributed by atoms with Gasteiger partial charge in [-0.25, -0.2) is 0 Å². The average molecular weight is 285 g/mol. The van der Waals surface area contributed by atoms with E-state index in [-0.39, 0.29) is 6.04 Å². The zero-order chi connectivity index (χ0) is 13.1. The van der Waals surface area contributed by atoms with Crippen molar-refractivity contribution >= 4 is 23.2 Å². The van der Waals surface area contributed by atoms with Crippen LogP contribution in [-0.2, 0) is 7.05 Å². The van der Waals surface area contributed by atoms with Gasteiger partial charge in [-0.2, -0.15) is 5.10 Å². The summed E-state index contributed by atoms with van der Waals surface area (Å²) in [6.45, 7) is 2.80. The summed E-state index contributed by atoms with van der Waals surface area (Å²) in [5.41, 5.74) is 1.62. The molecule has 1 N–H and O–H groups in total. The largest absolute Gasteiger partial charge is 0.304 e. The van der Waals surface area contributed by atoms with Gasteiger partial charge in [-0.05, 0) is 18.7 Å². The minimum Gasteiger partial charge on any atom is -0.304 e. The molecule has 0 aliphatic heterocycles. The Balaban J connectivity index is 2.50. The van der Waals surface area contributed by atoms with Crippen LogP contribution in [0.4, 0.5) is 0 Å². The Bertz CT molecular complexity index is 519. The van der Waals surface area contributed by atoms with Crippen molar-refractivity contribution in [1.29, 1.82) is 0 Å². The standard InChI is InChI=1S/C12H14Cl2N4/c1-3-15-11(10-8(13)5-4-6-16-10)12-9(14)7-17-18(12)2/h4-7,11,15H,3H2,1-2H3. The van der Waals surface area contributed by atoms with Crippen LogP contribution in [0.5, 0.6) is 0 Å². The number of nitrogens with zero attached hydrogens (tertiary/aromatic N) is 3. The summed E-state index contributed by atoms with van der Waals surface area (Å²) in [7, 11) is 1.85. The van der Waals surface area contributed by atoms with Gasteiger partial charge >= 0.3 is 0 Å². The van der Waals surface area contributed by atoms with Crippen molar-refractivity contribution in [3.63, 3.8) is 0 Å². The predicted octanol–water partition coefficient (Wildman–Crippen LogP) is 2.82. The summed E-state index contributed by atoms with van der Waals surface area (Å²) < 4.78 is 1.74. The maximum Gasteiger partial charge on any atom is 0.0952 e. The molecule has 1 atom stereocenters. The Morgan fingerprint density at radius 2 is 2.17 bits per heavy atom. The third-order valence-corrected chi connectivity index (χ3v) is 3.29. The first-order valence-corrected chi connectivity index (χ1v) is 6.42. The van der Waals surface area contributed by atoms with Crippen molar-refractivity contribution in [3.8, 4) is 0 Å². The van der Waals surface area contributed by atoms with Crippen LogP contribution in [0.3, 0.4) is 0 Å². The van der Waals surface area contributed by atoms with Gasteiger partial charge in [-0.15, -0.1) is 0 Å². The monoisotopic (exact) mass is 284 g/mol. The van der Waals surface area contributed by atoms with Crippen LogP contribution < -0.4 is 5.32 Å². The highest BCUT2D eigenvalue weighted by Crippen LogP contribution is 2.30. The van der Waals surface area contributed by atoms with Gasteiger partial charge in [0.1, 0.15) is 0 Å². The Hall–Kier alpha value is -1.10. The fraction of sp³-hybridized carbons (Fsp3) is 0.333. The summed E-state index contributed by atoms with van der Waals surface area (Å²) in [6, 6.07) is 3.46. The lowest BCUT2D eigenvalue weighted by Gasteiger charge is -2.19. The molecule has 96 valence electrons. The molecule has 2 heterocycles. The van der Waals surface area contributed by atoms with Gasteiger partial charge in [-0.3, -0.25) is 9.67 Å². The first-order chi connectivity index (χ1) is 8.65. The Labute approximate surface area is 116 Å². The molecule has 0 bridgehead atoms. The van der Waals surface area contributed by atoms with Crippen LogP contribution in [0.25, 0.3) is 0 Å². The van der Waals surface area contributed by atoms with Crippen molar-refractivity contribution in [2.24, 2.45) is 7.05 Å². The van der Waals surface area contributed by atoms with Gasteiger partial charge in [0.15, 0.2) is 0 Å². The Morgan fingerprint density at radius 3 is 2.72 bits per heavy atom. The molecular weight excluding hydrogens is 271 g/mol. The molecule has 18 heavy (non-hydrogen) atoms. The van der Waals surface area contributed by atoms with Crippen molar-refractivity contribution in [1.82, 2.24) is 20.1 Å². The van der Waals surface area contributed by atoms with Crippen LogP contribution >= 0.6 is 23.2 Å². The van der Waals surface area contributed by atoms with Crippen LogP contribution in [0, 0.1) is 0 Å². The fourth-order valence-electron chi connectivity index (χ4n) is 1.88. The molecule has 2 rings (SSSR count). The van der Waals surface area contributed by atoms with Crippen molar-refractivity contribution in [2.45, 2.75) is 13.0 Å². The van der Waals surface area contributed by atoms with E-state index in [2.05, 4.69) is 15.4 Å². The number of aromatic nitrogens is 3. The first-order valence-electron chi connectivity index (χ1n) is 5.66. The minimum atomic E-state index is -0.163. The lowest BCUT2D eigenvalue weighted by molar-refractivity contribution is 0.562. The van der Waals surface area contributed by atoms with Gasteiger partial charge in [-0.1, -0.05) is 30.1 Å². The van der Waals surface area contributed by atoms with Gasteiger partial charge in [0.25, 0.3) is 0 Å². The van der Waals surface area contributed by atoms with Crippen molar-refractivity contribution in [2.75, 3.05) is 6.54 Å². The quantitative estimate of drug-likeness (QED) is 0.939. The van der Waals surface area contributed by atoms with E-state index in [1.165, 1.54) is 0 Å². The number of nitrogens with one attached hydrogen (secondary N) is 1. The van der Waals surface area contributed by atoms with Gasteiger partial charge in [0, 0.05) is 13.2 Å². The van der Waals surface area contributed by atoms with Crippen molar-refractivity contribution < 1.29 is 0 Å². The topological polar surface area (TPSA) is 42.7 Å². The number of hydrogen-bond acceptors (Lipinski definition) is 3. The zero-order valence-corrected chi connectivity index (χ0v) is 11.7. The van der Waals surface area contributed by atoms with Crippen LogP contribution in [0.1, 0.15) is 24.4 Å².